The first-order chi connectivity index (χ1) is 14.7. The molecule has 0 aliphatic heterocycles. The molecule has 144 valence electrons. The Morgan fingerprint density at radius 1 is 0.967 bits per heavy atom. The summed E-state index contributed by atoms with van der Waals surface area (Å²) in [5, 5.41) is 27.9. The largest absolute Gasteiger partial charge is 0.453 e. The summed E-state index contributed by atoms with van der Waals surface area (Å²) < 4.78 is 7.69. The maximum absolute atomic E-state index is 10.9. The molecule has 0 spiro atoms. The molecule has 3 aromatic carbocycles. The van der Waals surface area contributed by atoms with Crippen molar-refractivity contribution in [1.29, 1.82) is 0 Å². The summed E-state index contributed by atoms with van der Waals surface area (Å²) in [5.74, 6) is 1.09. The number of furan rings is 1. The van der Waals surface area contributed by atoms with Crippen molar-refractivity contribution < 1.29 is 9.34 Å². The Morgan fingerprint density at radius 3 is 2.63 bits per heavy atom. The molecule has 6 aromatic rings. The Balaban J connectivity index is 1.47. The number of rotatable bonds is 3. The smallest absolute Gasteiger partial charge is 0.269 e. The van der Waals surface area contributed by atoms with E-state index in [4.69, 9.17) is 4.42 Å². The maximum Gasteiger partial charge on any atom is 0.269 e. The van der Waals surface area contributed by atoms with Gasteiger partial charge in [0.25, 0.3) is 5.69 Å². The van der Waals surface area contributed by atoms with Gasteiger partial charge in [0, 0.05) is 23.1 Å². The fraction of sp³-hybridized carbons (Fsp3) is 0. The second-order valence-electron chi connectivity index (χ2n) is 6.74. The van der Waals surface area contributed by atoms with Crippen molar-refractivity contribution in [3.8, 4) is 22.2 Å². The van der Waals surface area contributed by atoms with E-state index in [1.165, 1.54) is 23.5 Å². The van der Waals surface area contributed by atoms with Crippen LogP contribution in [0.15, 0.2) is 71.1 Å². The van der Waals surface area contributed by atoms with Crippen LogP contribution in [0.25, 0.3) is 48.9 Å². The number of hydrogen-bond donors (Lipinski definition) is 0. The number of aromatic nitrogens is 4. The lowest BCUT2D eigenvalue weighted by Crippen LogP contribution is -1.90. The summed E-state index contributed by atoms with van der Waals surface area (Å²) in [6, 6.07) is 20.3. The summed E-state index contributed by atoms with van der Waals surface area (Å²) in [6.45, 7) is 0. The Labute approximate surface area is 172 Å². The number of nitro benzene ring substituents is 1. The fourth-order valence-corrected chi connectivity index (χ4v) is 4.36. The predicted molar refractivity (Wildman–Crippen MR) is 113 cm³/mol. The average Bonchev–Trinajstić information content (AvgIpc) is 3.47. The Hall–Kier alpha value is -4.11. The molecule has 8 nitrogen and oxygen atoms in total. The molecule has 0 aliphatic rings. The van der Waals surface area contributed by atoms with E-state index in [1.807, 2.05) is 30.3 Å². The number of non-ortho nitro benzene ring substituents is 1. The fourth-order valence-electron chi connectivity index (χ4n) is 3.52. The molecular formula is C21H11N5O3S. The Kier molecular flexibility index (Phi) is 3.47. The third-order valence-electron chi connectivity index (χ3n) is 4.96. The number of fused-ring (bicyclic) bond motifs is 4. The lowest BCUT2D eigenvalue weighted by atomic mass is 10.1. The van der Waals surface area contributed by atoms with Crippen molar-refractivity contribution in [1.82, 2.24) is 19.8 Å². The van der Waals surface area contributed by atoms with E-state index in [0.29, 0.717) is 21.6 Å². The quantitative estimate of drug-likeness (QED) is 0.287. The highest BCUT2D eigenvalue weighted by molar-refractivity contribution is 7.19. The van der Waals surface area contributed by atoms with Gasteiger partial charge in [-0.05, 0) is 35.0 Å². The first-order valence-corrected chi connectivity index (χ1v) is 9.88. The molecule has 0 aliphatic carbocycles. The minimum Gasteiger partial charge on any atom is -0.453 e. The van der Waals surface area contributed by atoms with Gasteiger partial charge in [-0.25, -0.2) is 0 Å². The van der Waals surface area contributed by atoms with Crippen molar-refractivity contribution in [2.75, 3.05) is 0 Å². The van der Waals surface area contributed by atoms with Crippen LogP contribution in [-0.4, -0.2) is 24.7 Å². The zero-order valence-electron chi connectivity index (χ0n) is 15.2. The summed E-state index contributed by atoms with van der Waals surface area (Å²) in [5.41, 5.74) is 1.58. The molecule has 0 saturated carbocycles. The normalized spacial score (nSPS) is 11.6. The molecule has 9 heteroatoms. The minimum atomic E-state index is -0.425. The minimum absolute atomic E-state index is 0.0388. The molecular weight excluding hydrogens is 402 g/mol. The molecule has 0 fully saturated rings. The second-order valence-corrected chi connectivity index (χ2v) is 7.69. The number of hydrogen-bond acceptors (Lipinski definition) is 7. The van der Waals surface area contributed by atoms with Crippen LogP contribution in [0.4, 0.5) is 5.69 Å². The van der Waals surface area contributed by atoms with Gasteiger partial charge >= 0.3 is 0 Å². The van der Waals surface area contributed by atoms with Crippen molar-refractivity contribution in [2.45, 2.75) is 0 Å². The van der Waals surface area contributed by atoms with Crippen molar-refractivity contribution in [3.63, 3.8) is 0 Å². The van der Waals surface area contributed by atoms with Crippen molar-refractivity contribution in [3.05, 3.63) is 76.8 Å². The monoisotopic (exact) mass is 413 g/mol. The van der Waals surface area contributed by atoms with Gasteiger partial charge in [-0.3, -0.25) is 10.1 Å². The van der Waals surface area contributed by atoms with E-state index in [0.717, 1.165) is 27.3 Å². The van der Waals surface area contributed by atoms with E-state index < -0.39 is 4.92 Å². The van der Waals surface area contributed by atoms with Crippen molar-refractivity contribution >= 4 is 43.7 Å². The SMILES string of the molecule is O=[N+]([O-])c1ccc(-c2nn3c(-c4cc5c(ccc6ccccc65)o4)nnc3s2)cc1. The Morgan fingerprint density at radius 2 is 1.80 bits per heavy atom. The van der Waals surface area contributed by atoms with E-state index in [1.54, 1.807) is 16.6 Å². The van der Waals surface area contributed by atoms with Gasteiger partial charge in [-0.1, -0.05) is 41.7 Å². The molecule has 0 radical (unpaired) electrons. The van der Waals surface area contributed by atoms with Crippen LogP contribution in [-0.2, 0) is 0 Å². The molecule has 0 atom stereocenters. The molecule has 30 heavy (non-hydrogen) atoms. The van der Waals surface area contributed by atoms with Gasteiger partial charge in [-0.15, -0.1) is 10.2 Å². The number of benzene rings is 3. The summed E-state index contributed by atoms with van der Waals surface area (Å²) in [7, 11) is 0. The maximum atomic E-state index is 10.9. The van der Waals surface area contributed by atoms with Gasteiger partial charge < -0.3 is 4.42 Å². The predicted octanol–water partition coefficient (Wildman–Crippen LogP) is 5.33. The van der Waals surface area contributed by atoms with Crippen LogP contribution >= 0.6 is 11.3 Å². The molecule has 0 saturated heterocycles. The molecule has 0 bridgehead atoms. The number of nitro groups is 1. The van der Waals surface area contributed by atoms with Crippen LogP contribution in [0.3, 0.4) is 0 Å². The van der Waals surface area contributed by atoms with Crippen LogP contribution in [0.2, 0.25) is 0 Å². The van der Waals surface area contributed by atoms with E-state index in [-0.39, 0.29) is 5.69 Å². The van der Waals surface area contributed by atoms with Gasteiger partial charge in [0.15, 0.2) is 5.76 Å². The molecule has 0 amide bonds. The van der Waals surface area contributed by atoms with Gasteiger partial charge in [-0.2, -0.15) is 9.61 Å². The van der Waals surface area contributed by atoms with Gasteiger partial charge in [0.05, 0.1) is 4.92 Å². The molecule has 3 heterocycles. The van der Waals surface area contributed by atoms with Gasteiger partial charge in [0.2, 0.25) is 10.8 Å². The highest BCUT2D eigenvalue weighted by atomic mass is 32.1. The van der Waals surface area contributed by atoms with Crippen LogP contribution in [0, 0.1) is 10.1 Å². The summed E-state index contributed by atoms with van der Waals surface area (Å²) in [6.07, 6.45) is 0. The first kappa shape index (κ1) is 16.8. The standard InChI is InChI=1S/C21H11N5O3S/c27-26(28)14-8-5-13(6-9-14)20-24-25-19(22-23-21(25)30-20)18-11-16-15-4-2-1-3-12(15)7-10-17(16)29-18/h1-11H. The lowest BCUT2D eigenvalue weighted by molar-refractivity contribution is -0.384. The van der Waals surface area contributed by atoms with Crippen molar-refractivity contribution in [2.24, 2.45) is 0 Å². The number of nitrogens with zero attached hydrogens (tertiary/aromatic N) is 5. The third-order valence-corrected chi connectivity index (χ3v) is 5.91. The topological polar surface area (TPSA) is 99.4 Å². The molecule has 3 aromatic heterocycles. The molecule has 0 unspecified atom stereocenters. The average molecular weight is 413 g/mol. The zero-order chi connectivity index (χ0) is 20.2. The first-order valence-electron chi connectivity index (χ1n) is 9.06. The Bertz CT molecular complexity index is 1580. The van der Waals surface area contributed by atoms with E-state index in [9.17, 15) is 10.1 Å². The molecule has 6 rings (SSSR count). The van der Waals surface area contributed by atoms with Crippen LogP contribution < -0.4 is 0 Å². The van der Waals surface area contributed by atoms with E-state index >= 15 is 0 Å². The second kappa shape index (κ2) is 6.19. The van der Waals surface area contributed by atoms with Crippen LogP contribution in [0.1, 0.15) is 0 Å². The highest BCUT2D eigenvalue weighted by Crippen LogP contribution is 2.34. The summed E-state index contributed by atoms with van der Waals surface area (Å²) >= 11 is 1.36. The van der Waals surface area contributed by atoms with Crippen LogP contribution in [0.5, 0.6) is 0 Å². The lowest BCUT2D eigenvalue weighted by Gasteiger charge is -1.96. The third kappa shape index (κ3) is 2.49. The summed E-state index contributed by atoms with van der Waals surface area (Å²) in [4.78, 5) is 11.1. The highest BCUT2D eigenvalue weighted by Gasteiger charge is 2.19. The van der Waals surface area contributed by atoms with E-state index in [2.05, 4.69) is 27.4 Å². The molecule has 0 N–H and O–H groups in total. The van der Waals surface area contributed by atoms with Gasteiger partial charge in [0.1, 0.15) is 10.6 Å². The zero-order valence-corrected chi connectivity index (χ0v) is 16.0.